The van der Waals surface area contributed by atoms with Gasteiger partial charge in [-0.05, 0) is 43.9 Å². The minimum Gasteiger partial charge on any atom is -0.478 e. The second-order valence-corrected chi connectivity index (χ2v) is 6.41. The van der Waals surface area contributed by atoms with Crippen molar-refractivity contribution < 1.29 is 22.7 Å². The SMILES string of the molecule is CC(NS(=O)(=O)c1ccc(F)c(C(=O)O)c1)C1CC1. The van der Waals surface area contributed by atoms with Gasteiger partial charge >= 0.3 is 5.97 Å². The Morgan fingerprint density at radius 3 is 2.63 bits per heavy atom. The quantitative estimate of drug-likeness (QED) is 0.861. The fourth-order valence-electron chi connectivity index (χ4n) is 1.84. The molecule has 2 N–H and O–H groups in total. The van der Waals surface area contributed by atoms with E-state index in [-0.39, 0.29) is 10.9 Å². The number of aromatic carboxylic acids is 1. The van der Waals surface area contributed by atoms with Gasteiger partial charge in [0.1, 0.15) is 5.82 Å². The number of carbonyl (C=O) groups is 1. The Bertz CT molecular complexity index is 610. The lowest BCUT2D eigenvalue weighted by Gasteiger charge is -2.13. The van der Waals surface area contributed by atoms with Crippen molar-refractivity contribution in [3.05, 3.63) is 29.6 Å². The molecule has 0 radical (unpaired) electrons. The molecular formula is C12H14FNO4S. The van der Waals surface area contributed by atoms with Crippen molar-refractivity contribution in [2.24, 2.45) is 5.92 Å². The predicted molar refractivity (Wildman–Crippen MR) is 65.9 cm³/mol. The van der Waals surface area contributed by atoms with Crippen molar-refractivity contribution in [1.29, 1.82) is 0 Å². The number of hydrogen-bond donors (Lipinski definition) is 2. The topological polar surface area (TPSA) is 83.5 Å². The molecule has 0 spiro atoms. The van der Waals surface area contributed by atoms with Crippen LogP contribution in [0.25, 0.3) is 0 Å². The fourth-order valence-corrected chi connectivity index (χ4v) is 3.18. The summed E-state index contributed by atoms with van der Waals surface area (Å²) in [6.07, 6.45) is 1.96. The molecule has 0 aliphatic heterocycles. The molecule has 1 aliphatic carbocycles. The predicted octanol–water partition coefficient (Wildman–Crippen LogP) is 1.60. The molecule has 1 aromatic rings. The molecule has 0 amide bonds. The van der Waals surface area contributed by atoms with Crippen LogP contribution in [0.3, 0.4) is 0 Å². The molecule has 1 saturated carbocycles. The van der Waals surface area contributed by atoms with Crippen LogP contribution in [-0.2, 0) is 10.0 Å². The highest BCUT2D eigenvalue weighted by molar-refractivity contribution is 7.89. The summed E-state index contributed by atoms with van der Waals surface area (Å²) >= 11 is 0. The standard InChI is InChI=1S/C12H14FNO4S/c1-7(8-2-3-8)14-19(17,18)9-4-5-11(13)10(6-9)12(15)16/h4-8,14H,2-3H2,1H3,(H,15,16). The Hall–Kier alpha value is -1.47. The number of carboxylic acid groups (broad SMARTS) is 1. The van der Waals surface area contributed by atoms with E-state index in [9.17, 15) is 17.6 Å². The Morgan fingerprint density at radius 1 is 1.47 bits per heavy atom. The van der Waals surface area contributed by atoms with Crippen LogP contribution < -0.4 is 4.72 Å². The number of hydrogen-bond acceptors (Lipinski definition) is 3. The van der Waals surface area contributed by atoms with Crippen LogP contribution in [-0.4, -0.2) is 25.5 Å². The van der Waals surface area contributed by atoms with Gasteiger partial charge in [0.15, 0.2) is 0 Å². The van der Waals surface area contributed by atoms with Crippen LogP contribution >= 0.6 is 0 Å². The first-order valence-electron chi connectivity index (χ1n) is 5.86. The third kappa shape index (κ3) is 3.10. The number of rotatable bonds is 5. The third-order valence-electron chi connectivity index (χ3n) is 3.15. The first kappa shape index (κ1) is 14.0. The minimum absolute atomic E-state index is 0.205. The zero-order valence-corrected chi connectivity index (χ0v) is 11.1. The number of benzene rings is 1. The minimum atomic E-state index is -3.82. The summed E-state index contributed by atoms with van der Waals surface area (Å²) in [5.41, 5.74) is -0.651. The lowest BCUT2D eigenvalue weighted by Crippen LogP contribution is -2.34. The molecule has 0 bridgehead atoms. The van der Waals surface area contributed by atoms with E-state index in [1.165, 1.54) is 0 Å². The van der Waals surface area contributed by atoms with Crippen LogP contribution in [0, 0.1) is 11.7 Å². The van der Waals surface area contributed by atoms with E-state index in [4.69, 9.17) is 5.11 Å². The summed E-state index contributed by atoms with van der Waals surface area (Å²) < 4.78 is 39.8. The van der Waals surface area contributed by atoms with Crippen molar-refractivity contribution in [2.45, 2.75) is 30.7 Å². The van der Waals surface area contributed by atoms with Crippen molar-refractivity contribution in [3.8, 4) is 0 Å². The molecule has 0 saturated heterocycles. The maximum Gasteiger partial charge on any atom is 0.338 e. The smallest absolute Gasteiger partial charge is 0.338 e. The highest BCUT2D eigenvalue weighted by atomic mass is 32.2. The Balaban J connectivity index is 2.29. The molecule has 0 heterocycles. The number of nitrogens with one attached hydrogen (secondary N) is 1. The number of halogens is 1. The summed E-state index contributed by atoms with van der Waals surface area (Å²) in [5, 5.41) is 8.78. The van der Waals surface area contributed by atoms with Gasteiger partial charge in [-0.2, -0.15) is 0 Å². The van der Waals surface area contributed by atoms with Crippen molar-refractivity contribution in [3.63, 3.8) is 0 Å². The van der Waals surface area contributed by atoms with E-state index in [0.29, 0.717) is 5.92 Å². The maximum absolute atomic E-state index is 13.2. The Morgan fingerprint density at radius 2 is 2.11 bits per heavy atom. The van der Waals surface area contributed by atoms with Crippen LogP contribution in [0.5, 0.6) is 0 Å². The summed E-state index contributed by atoms with van der Waals surface area (Å²) in [6, 6.07) is 2.53. The van der Waals surface area contributed by atoms with E-state index in [0.717, 1.165) is 31.0 Å². The molecule has 1 atom stereocenters. The highest BCUT2D eigenvalue weighted by Crippen LogP contribution is 2.33. The summed E-state index contributed by atoms with van der Waals surface area (Å²) in [5.74, 6) is -2.12. The lowest BCUT2D eigenvalue weighted by molar-refractivity contribution is 0.0691. The van der Waals surface area contributed by atoms with Gasteiger partial charge in [0.25, 0.3) is 0 Å². The molecule has 19 heavy (non-hydrogen) atoms. The van der Waals surface area contributed by atoms with E-state index < -0.39 is 27.4 Å². The monoisotopic (exact) mass is 287 g/mol. The van der Waals surface area contributed by atoms with Gasteiger partial charge in [0.05, 0.1) is 10.5 Å². The van der Waals surface area contributed by atoms with Gasteiger partial charge in [-0.1, -0.05) is 0 Å². The highest BCUT2D eigenvalue weighted by Gasteiger charge is 2.31. The first-order chi connectivity index (χ1) is 8.81. The molecule has 0 aromatic heterocycles. The lowest BCUT2D eigenvalue weighted by atomic mass is 10.2. The van der Waals surface area contributed by atoms with Crippen LogP contribution in [0.15, 0.2) is 23.1 Å². The Labute approximate surface area is 110 Å². The molecule has 5 nitrogen and oxygen atoms in total. The normalized spacial score (nSPS) is 17.2. The van der Waals surface area contributed by atoms with Gasteiger partial charge in [0.2, 0.25) is 10.0 Å². The van der Waals surface area contributed by atoms with Crippen molar-refractivity contribution >= 4 is 16.0 Å². The van der Waals surface area contributed by atoms with Crippen molar-refractivity contribution in [1.82, 2.24) is 4.72 Å². The average molecular weight is 287 g/mol. The van der Waals surface area contributed by atoms with Crippen LogP contribution in [0.4, 0.5) is 4.39 Å². The molecule has 1 aliphatic rings. The maximum atomic E-state index is 13.2. The molecular weight excluding hydrogens is 273 g/mol. The van der Waals surface area contributed by atoms with E-state index in [1.807, 2.05) is 0 Å². The fraction of sp³-hybridized carbons (Fsp3) is 0.417. The molecule has 1 aromatic carbocycles. The number of sulfonamides is 1. The van der Waals surface area contributed by atoms with E-state index >= 15 is 0 Å². The second kappa shape index (κ2) is 4.90. The number of carboxylic acids is 1. The van der Waals surface area contributed by atoms with Gasteiger partial charge in [-0.15, -0.1) is 0 Å². The summed E-state index contributed by atoms with van der Waals surface area (Å²) in [6.45, 7) is 1.76. The van der Waals surface area contributed by atoms with Gasteiger partial charge in [0, 0.05) is 6.04 Å². The van der Waals surface area contributed by atoms with Gasteiger partial charge in [-0.3, -0.25) is 0 Å². The van der Waals surface area contributed by atoms with Gasteiger partial charge < -0.3 is 5.11 Å². The van der Waals surface area contributed by atoms with E-state index in [1.54, 1.807) is 6.92 Å². The zero-order chi connectivity index (χ0) is 14.2. The second-order valence-electron chi connectivity index (χ2n) is 4.69. The molecule has 1 fully saturated rings. The summed E-state index contributed by atoms with van der Waals surface area (Å²) in [7, 11) is -3.82. The first-order valence-corrected chi connectivity index (χ1v) is 7.35. The molecule has 2 rings (SSSR count). The summed E-state index contributed by atoms with van der Waals surface area (Å²) in [4.78, 5) is 10.5. The average Bonchev–Trinajstić information content (AvgIpc) is 3.11. The van der Waals surface area contributed by atoms with Crippen LogP contribution in [0.1, 0.15) is 30.1 Å². The zero-order valence-electron chi connectivity index (χ0n) is 10.3. The molecule has 1 unspecified atom stereocenters. The molecule has 104 valence electrons. The third-order valence-corrected chi connectivity index (χ3v) is 4.71. The Kier molecular flexibility index (Phi) is 3.60. The van der Waals surface area contributed by atoms with Crippen molar-refractivity contribution in [2.75, 3.05) is 0 Å². The molecule has 7 heteroatoms. The van der Waals surface area contributed by atoms with Crippen LogP contribution in [0.2, 0.25) is 0 Å². The van der Waals surface area contributed by atoms with Gasteiger partial charge in [-0.25, -0.2) is 22.3 Å². The van der Waals surface area contributed by atoms with E-state index in [2.05, 4.69) is 4.72 Å². The largest absolute Gasteiger partial charge is 0.478 e.